The molecule has 0 heterocycles. The van der Waals surface area contributed by atoms with Gasteiger partial charge in [0.05, 0.1) is 0 Å². The van der Waals surface area contributed by atoms with Crippen LogP contribution in [-0.4, -0.2) is 16.8 Å². The third-order valence-electron chi connectivity index (χ3n) is 2.97. The van der Waals surface area contributed by atoms with Gasteiger partial charge in [0.2, 0.25) is 0 Å². The van der Waals surface area contributed by atoms with Crippen molar-refractivity contribution in [2.24, 2.45) is 5.92 Å². The lowest BCUT2D eigenvalue weighted by molar-refractivity contribution is -0.121. The van der Waals surface area contributed by atoms with Gasteiger partial charge >= 0.3 is 0 Å². The first-order valence-corrected chi connectivity index (χ1v) is 6.37. The van der Waals surface area contributed by atoms with Gasteiger partial charge in [-0.2, -0.15) is 0 Å². The van der Waals surface area contributed by atoms with E-state index in [1.807, 2.05) is 6.92 Å². The molecule has 0 radical (unpaired) electrons. The van der Waals surface area contributed by atoms with E-state index < -0.39 is 5.91 Å². The molecular formula is C14H14ClNO3. The Morgan fingerprint density at radius 3 is 2.53 bits per heavy atom. The fraction of sp³-hybridized carbons (Fsp3) is 0.286. The number of anilines is 1. The van der Waals surface area contributed by atoms with E-state index in [0.717, 1.165) is 0 Å². The Bertz CT molecular complexity index is 548. The lowest BCUT2D eigenvalue weighted by Crippen LogP contribution is -2.27. The number of rotatable bonds is 2. The molecule has 1 atom stereocenters. The third kappa shape index (κ3) is 3.15. The minimum Gasteiger partial charge on any atom is -0.511 e. The maximum atomic E-state index is 12.0. The fourth-order valence-corrected chi connectivity index (χ4v) is 2.19. The van der Waals surface area contributed by atoms with E-state index in [4.69, 9.17) is 11.6 Å². The molecule has 4 nitrogen and oxygen atoms in total. The molecule has 100 valence electrons. The van der Waals surface area contributed by atoms with Crippen LogP contribution in [0.1, 0.15) is 19.8 Å². The highest BCUT2D eigenvalue weighted by Crippen LogP contribution is 2.26. The second-order valence-corrected chi connectivity index (χ2v) is 5.16. The van der Waals surface area contributed by atoms with Gasteiger partial charge in [-0.15, -0.1) is 0 Å². The summed E-state index contributed by atoms with van der Waals surface area (Å²) in [6.45, 7) is 1.86. The molecule has 2 N–H and O–H groups in total. The minimum absolute atomic E-state index is 0.0691. The summed E-state index contributed by atoms with van der Waals surface area (Å²) in [7, 11) is 0. The zero-order valence-corrected chi connectivity index (χ0v) is 11.2. The lowest BCUT2D eigenvalue weighted by Gasteiger charge is -2.19. The number of carbonyl (C=O) groups excluding carboxylic acids is 2. The quantitative estimate of drug-likeness (QED) is 0.818. The van der Waals surface area contributed by atoms with Crippen LogP contribution in [-0.2, 0) is 9.59 Å². The molecule has 1 aromatic rings. The number of amides is 1. The maximum Gasteiger partial charge on any atom is 0.262 e. The highest BCUT2D eigenvalue weighted by atomic mass is 35.5. The summed E-state index contributed by atoms with van der Waals surface area (Å²) in [6, 6.07) is 6.54. The van der Waals surface area contributed by atoms with Gasteiger partial charge in [0.15, 0.2) is 5.78 Å². The average Bonchev–Trinajstić information content (AvgIpc) is 2.30. The summed E-state index contributed by atoms with van der Waals surface area (Å²) in [5.41, 5.74) is 0.397. The van der Waals surface area contributed by atoms with E-state index in [9.17, 15) is 14.7 Å². The van der Waals surface area contributed by atoms with Crippen molar-refractivity contribution < 1.29 is 14.7 Å². The van der Waals surface area contributed by atoms with Gasteiger partial charge in [-0.3, -0.25) is 9.59 Å². The molecule has 2 rings (SSSR count). The summed E-state index contributed by atoms with van der Waals surface area (Å²) >= 11 is 5.74. The van der Waals surface area contributed by atoms with Gasteiger partial charge in [0.25, 0.3) is 5.91 Å². The number of benzene rings is 1. The van der Waals surface area contributed by atoms with E-state index in [1.165, 1.54) is 0 Å². The van der Waals surface area contributed by atoms with Gasteiger partial charge in [0.1, 0.15) is 11.3 Å². The average molecular weight is 280 g/mol. The zero-order valence-electron chi connectivity index (χ0n) is 10.4. The Morgan fingerprint density at radius 1 is 1.32 bits per heavy atom. The monoisotopic (exact) mass is 279 g/mol. The first kappa shape index (κ1) is 13.6. The molecule has 0 spiro atoms. The molecule has 0 saturated heterocycles. The predicted octanol–water partition coefficient (Wildman–Crippen LogP) is 3.09. The number of ketones is 1. The number of allylic oxidation sites excluding steroid dienone is 1. The second kappa shape index (κ2) is 5.45. The number of nitrogens with one attached hydrogen (secondary N) is 1. The molecule has 5 heteroatoms. The number of halogens is 1. The largest absolute Gasteiger partial charge is 0.511 e. The van der Waals surface area contributed by atoms with E-state index in [0.29, 0.717) is 17.1 Å². The van der Waals surface area contributed by atoms with Crippen LogP contribution in [0.25, 0.3) is 0 Å². The van der Waals surface area contributed by atoms with Crippen molar-refractivity contribution in [1.29, 1.82) is 0 Å². The van der Waals surface area contributed by atoms with E-state index in [2.05, 4.69) is 5.32 Å². The summed E-state index contributed by atoms with van der Waals surface area (Å²) in [4.78, 5) is 23.8. The molecule has 0 bridgehead atoms. The van der Waals surface area contributed by atoms with Crippen LogP contribution in [0.5, 0.6) is 0 Å². The zero-order chi connectivity index (χ0) is 14.0. The van der Waals surface area contributed by atoms with E-state index >= 15 is 0 Å². The summed E-state index contributed by atoms with van der Waals surface area (Å²) in [6.07, 6.45) is 0.641. The van der Waals surface area contributed by atoms with Crippen LogP contribution < -0.4 is 5.32 Å². The standard InChI is InChI=1S/C14H14ClNO3/c1-8-6-11(17)13(12(18)7-8)14(19)16-10-4-2-9(15)3-5-10/h2-5,8,17H,6-7H2,1H3,(H,16,19). The van der Waals surface area contributed by atoms with Crippen molar-refractivity contribution in [3.8, 4) is 0 Å². The van der Waals surface area contributed by atoms with Crippen LogP contribution in [0.4, 0.5) is 5.69 Å². The number of aliphatic hydroxyl groups is 1. The fourth-order valence-electron chi connectivity index (χ4n) is 2.07. The molecule has 1 aromatic carbocycles. The predicted molar refractivity (Wildman–Crippen MR) is 73.1 cm³/mol. The first-order chi connectivity index (χ1) is 8.97. The van der Waals surface area contributed by atoms with Crippen molar-refractivity contribution >= 4 is 29.0 Å². The van der Waals surface area contributed by atoms with E-state index in [1.54, 1.807) is 24.3 Å². The Hall–Kier alpha value is -1.81. The van der Waals surface area contributed by atoms with Crippen LogP contribution in [0.3, 0.4) is 0 Å². The first-order valence-electron chi connectivity index (χ1n) is 5.99. The second-order valence-electron chi connectivity index (χ2n) is 4.72. The van der Waals surface area contributed by atoms with Crippen molar-refractivity contribution in [2.45, 2.75) is 19.8 Å². The smallest absolute Gasteiger partial charge is 0.262 e. The molecular weight excluding hydrogens is 266 g/mol. The Labute approximate surface area is 116 Å². The number of hydrogen-bond donors (Lipinski definition) is 2. The van der Waals surface area contributed by atoms with Crippen LogP contribution in [0.15, 0.2) is 35.6 Å². The van der Waals surface area contributed by atoms with Crippen LogP contribution in [0.2, 0.25) is 5.02 Å². The Balaban J connectivity index is 2.18. The van der Waals surface area contributed by atoms with E-state index in [-0.39, 0.29) is 29.5 Å². The summed E-state index contributed by atoms with van der Waals surface area (Å²) in [5.74, 6) is -0.950. The van der Waals surface area contributed by atoms with Crippen molar-refractivity contribution in [2.75, 3.05) is 5.32 Å². The normalized spacial score (nSPS) is 19.5. The Kier molecular flexibility index (Phi) is 3.90. The molecule has 1 unspecified atom stereocenters. The van der Waals surface area contributed by atoms with Crippen LogP contribution in [0, 0.1) is 5.92 Å². The molecule has 0 aromatic heterocycles. The topological polar surface area (TPSA) is 66.4 Å². The maximum absolute atomic E-state index is 12.0. The third-order valence-corrected chi connectivity index (χ3v) is 3.22. The highest BCUT2D eigenvalue weighted by molar-refractivity contribution is 6.30. The lowest BCUT2D eigenvalue weighted by atomic mass is 9.88. The van der Waals surface area contributed by atoms with Gasteiger partial charge in [0, 0.05) is 23.6 Å². The summed E-state index contributed by atoms with van der Waals surface area (Å²) < 4.78 is 0. The molecule has 19 heavy (non-hydrogen) atoms. The molecule has 0 fully saturated rings. The number of hydrogen-bond acceptors (Lipinski definition) is 3. The van der Waals surface area contributed by atoms with Crippen molar-refractivity contribution in [3.63, 3.8) is 0 Å². The Morgan fingerprint density at radius 2 is 1.95 bits per heavy atom. The number of Topliss-reactive ketones (excluding diaryl/α,β-unsaturated/α-hetero) is 1. The van der Waals surface area contributed by atoms with Crippen molar-refractivity contribution in [3.05, 3.63) is 40.6 Å². The molecule has 0 saturated carbocycles. The number of aliphatic hydroxyl groups excluding tert-OH is 1. The van der Waals surface area contributed by atoms with Gasteiger partial charge in [-0.1, -0.05) is 18.5 Å². The molecule has 0 aliphatic heterocycles. The van der Waals surface area contributed by atoms with Crippen molar-refractivity contribution in [1.82, 2.24) is 0 Å². The van der Waals surface area contributed by atoms with Gasteiger partial charge < -0.3 is 10.4 Å². The van der Waals surface area contributed by atoms with Gasteiger partial charge in [-0.25, -0.2) is 0 Å². The number of carbonyl (C=O) groups is 2. The van der Waals surface area contributed by atoms with Crippen LogP contribution >= 0.6 is 11.6 Å². The molecule has 1 aliphatic rings. The SMILES string of the molecule is CC1CC(=O)C(C(=O)Nc2ccc(Cl)cc2)=C(O)C1. The highest BCUT2D eigenvalue weighted by Gasteiger charge is 2.29. The molecule has 1 amide bonds. The minimum atomic E-state index is -0.572. The molecule has 1 aliphatic carbocycles. The summed E-state index contributed by atoms with van der Waals surface area (Å²) in [5, 5.41) is 12.9. The van der Waals surface area contributed by atoms with Gasteiger partial charge in [-0.05, 0) is 30.2 Å².